The Balaban J connectivity index is 1.83. The minimum atomic E-state index is 0.00929. The summed E-state index contributed by atoms with van der Waals surface area (Å²) in [5, 5.41) is 10.4. The van der Waals surface area contributed by atoms with E-state index in [0.717, 1.165) is 29.3 Å². The molecule has 5 nitrogen and oxygen atoms in total. The highest BCUT2D eigenvalue weighted by Crippen LogP contribution is 2.26. The van der Waals surface area contributed by atoms with E-state index in [4.69, 9.17) is 0 Å². The number of fused-ring (bicyclic) bond motifs is 3. The van der Waals surface area contributed by atoms with E-state index in [1.54, 1.807) is 16.3 Å². The molecule has 28 heavy (non-hydrogen) atoms. The Morgan fingerprint density at radius 1 is 1.07 bits per heavy atom. The fourth-order valence-electron chi connectivity index (χ4n) is 3.44. The Bertz CT molecular complexity index is 1210. The van der Waals surface area contributed by atoms with Crippen molar-refractivity contribution in [2.45, 2.75) is 51.1 Å². The first-order valence-corrected chi connectivity index (χ1v) is 10.6. The number of benzene rings is 2. The zero-order chi connectivity index (χ0) is 19.7. The van der Waals surface area contributed by atoms with E-state index < -0.39 is 0 Å². The monoisotopic (exact) mass is 392 g/mol. The molecule has 2 aromatic carbocycles. The Morgan fingerprint density at radius 2 is 1.89 bits per heavy atom. The molecule has 0 N–H and O–H groups in total. The third-order valence-electron chi connectivity index (χ3n) is 5.07. The quantitative estimate of drug-likeness (QED) is 0.444. The Morgan fingerprint density at radius 3 is 2.71 bits per heavy atom. The molecule has 0 fully saturated rings. The zero-order valence-electron chi connectivity index (χ0n) is 16.5. The van der Waals surface area contributed by atoms with Crippen LogP contribution in [0, 0.1) is 13.8 Å². The summed E-state index contributed by atoms with van der Waals surface area (Å²) in [5.41, 5.74) is 4.70. The van der Waals surface area contributed by atoms with E-state index in [1.165, 1.54) is 16.7 Å². The largest absolute Gasteiger partial charge is 0.276 e. The Labute approximate surface area is 168 Å². The van der Waals surface area contributed by atoms with Crippen LogP contribution in [0.3, 0.4) is 0 Å². The van der Waals surface area contributed by atoms with Crippen LogP contribution in [0.2, 0.25) is 0 Å². The van der Waals surface area contributed by atoms with E-state index in [0.29, 0.717) is 17.7 Å². The minimum Gasteiger partial charge on any atom is -0.276 e. The molecule has 0 atom stereocenters. The highest BCUT2D eigenvalue weighted by Gasteiger charge is 2.16. The number of nitrogens with zero attached hydrogens (tertiary/aromatic N) is 4. The molecule has 2 aromatic heterocycles. The number of hydrogen-bond donors (Lipinski definition) is 0. The van der Waals surface area contributed by atoms with Crippen LogP contribution in [0.25, 0.3) is 16.7 Å². The summed E-state index contributed by atoms with van der Waals surface area (Å²) in [6.07, 6.45) is 1.96. The average Bonchev–Trinajstić information content (AvgIpc) is 3.12. The van der Waals surface area contributed by atoms with Crippen LogP contribution in [0.5, 0.6) is 0 Å². The van der Waals surface area contributed by atoms with Crippen LogP contribution < -0.4 is 5.56 Å². The normalized spacial score (nSPS) is 11.5. The zero-order valence-corrected chi connectivity index (χ0v) is 17.3. The molecular weight excluding hydrogens is 368 g/mol. The van der Waals surface area contributed by atoms with Gasteiger partial charge in [-0.2, -0.15) is 0 Å². The molecule has 0 saturated heterocycles. The van der Waals surface area contributed by atoms with Gasteiger partial charge in [0, 0.05) is 12.3 Å². The lowest BCUT2D eigenvalue weighted by Gasteiger charge is -2.11. The highest BCUT2D eigenvalue weighted by atomic mass is 32.2. The molecule has 2 heterocycles. The van der Waals surface area contributed by atoms with E-state index in [2.05, 4.69) is 49.2 Å². The maximum atomic E-state index is 13.0. The molecule has 0 saturated carbocycles. The number of hydrogen-bond acceptors (Lipinski definition) is 4. The van der Waals surface area contributed by atoms with Gasteiger partial charge in [0.2, 0.25) is 5.78 Å². The van der Waals surface area contributed by atoms with Crippen molar-refractivity contribution in [3.05, 3.63) is 69.5 Å². The summed E-state index contributed by atoms with van der Waals surface area (Å²) >= 11 is 1.66. The lowest BCUT2D eigenvalue weighted by molar-refractivity contribution is 0.620. The van der Waals surface area contributed by atoms with Gasteiger partial charge in [0.25, 0.3) is 5.56 Å². The topological polar surface area (TPSA) is 52.2 Å². The predicted octanol–water partition coefficient (Wildman–Crippen LogP) is 4.75. The fraction of sp³-hybridized carbons (Fsp3) is 0.318. The van der Waals surface area contributed by atoms with Crippen molar-refractivity contribution in [3.63, 3.8) is 0 Å². The van der Waals surface area contributed by atoms with Gasteiger partial charge in [-0.05, 0) is 43.5 Å². The van der Waals surface area contributed by atoms with Crippen molar-refractivity contribution in [2.24, 2.45) is 0 Å². The van der Waals surface area contributed by atoms with Gasteiger partial charge in [-0.3, -0.25) is 13.8 Å². The summed E-state index contributed by atoms with van der Waals surface area (Å²) in [6.45, 7) is 7.02. The first-order valence-electron chi connectivity index (χ1n) is 9.65. The molecule has 0 spiro atoms. The molecule has 4 rings (SSSR count). The molecule has 0 aliphatic rings. The molecule has 6 heteroatoms. The van der Waals surface area contributed by atoms with Crippen molar-refractivity contribution in [3.8, 4) is 0 Å². The van der Waals surface area contributed by atoms with Crippen molar-refractivity contribution in [2.75, 3.05) is 0 Å². The molecule has 4 aromatic rings. The van der Waals surface area contributed by atoms with Crippen molar-refractivity contribution < 1.29 is 0 Å². The maximum Gasteiger partial charge on any atom is 0.262 e. The first kappa shape index (κ1) is 18.7. The van der Waals surface area contributed by atoms with Crippen LogP contribution in [0.1, 0.15) is 36.5 Å². The summed E-state index contributed by atoms with van der Waals surface area (Å²) in [7, 11) is 0. The van der Waals surface area contributed by atoms with Gasteiger partial charge in [0.15, 0.2) is 5.16 Å². The number of para-hydroxylation sites is 1. The van der Waals surface area contributed by atoms with Crippen molar-refractivity contribution in [1.29, 1.82) is 0 Å². The Kier molecular flexibility index (Phi) is 5.22. The van der Waals surface area contributed by atoms with Gasteiger partial charge >= 0.3 is 0 Å². The second kappa shape index (κ2) is 7.80. The van der Waals surface area contributed by atoms with Crippen LogP contribution in [-0.4, -0.2) is 19.2 Å². The van der Waals surface area contributed by atoms with Gasteiger partial charge in [0.1, 0.15) is 0 Å². The highest BCUT2D eigenvalue weighted by molar-refractivity contribution is 7.98. The second-order valence-electron chi connectivity index (χ2n) is 7.16. The van der Waals surface area contributed by atoms with Gasteiger partial charge in [-0.1, -0.05) is 61.0 Å². The molecule has 0 radical (unpaired) electrons. The van der Waals surface area contributed by atoms with Crippen LogP contribution in [0.15, 0.2) is 52.4 Å². The number of aromatic nitrogens is 4. The van der Waals surface area contributed by atoms with Crippen molar-refractivity contribution >= 4 is 28.4 Å². The average molecular weight is 393 g/mol. The van der Waals surface area contributed by atoms with Crippen LogP contribution in [0.4, 0.5) is 0 Å². The maximum absolute atomic E-state index is 13.0. The number of aryl methyl sites for hydroxylation is 3. The molecule has 0 aliphatic carbocycles. The summed E-state index contributed by atoms with van der Waals surface area (Å²) in [6, 6.07) is 14.2. The standard InChI is InChI=1S/C22H24N4OS/c1-4-5-12-25-20(27)18-8-6-7-9-19(18)26-21(25)23-24-22(26)28-14-17-13-15(2)10-11-16(17)3/h6-11,13H,4-5,12,14H2,1-3H3. The van der Waals surface area contributed by atoms with Crippen molar-refractivity contribution in [1.82, 2.24) is 19.2 Å². The molecule has 0 bridgehead atoms. The number of thioether (sulfide) groups is 1. The summed E-state index contributed by atoms with van der Waals surface area (Å²) < 4.78 is 3.79. The van der Waals surface area contributed by atoms with E-state index in [-0.39, 0.29) is 5.56 Å². The first-order chi connectivity index (χ1) is 13.6. The number of unbranched alkanes of at least 4 members (excludes halogenated alkanes) is 1. The van der Waals surface area contributed by atoms with E-state index in [1.807, 2.05) is 28.7 Å². The SMILES string of the molecule is CCCCn1c(=O)c2ccccc2n2c(SCc3cc(C)ccc3C)nnc12. The second-order valence-corrected chi connectivity index (χ2v) is 8.11. The van der Waals surface area contributed by atoms with Gasteiger partial charge < -0.3 is 0 Å². The van der Waals surface area contributed by atoms with E-state index in [9.17, 15) is 4.79 Å². The van der Waals surface area contributed by atoms with Gasteiger partial charge in [-0.25, -0.2) is 0 Å². The lowest BCUT2D eigenvalue weighted by atomic mass is 10.1. The third-order valence-corrected chi connectivity index (χ3v) is 6.05. The summed E-state index contributed by atoms with van der Waals surface area (Å²) in [4.78, 5) is 13.0. The van der Waals surface area contributed by atoms with Gasteiger partial charge in [0.05, 0.1) is 10.9 Å². The van der Waals surface area contributed by atoms with E-state index >= 15 is 0 Å². The molecular formula is C22H24N4OS. The summed E-state index contributed by atoms with van der Waals surface area (Å²) in [5.74, 6) is 1.44. The third kappa shape index (κ3) is 3.33. The fourth-order valence-corrected chi connectivity index (χ4v) is 4.45. The predicted molar refractivity (Wildman–Crippen MR) is 115 cm³/mol. The van der Waals surface area contributed by atoms with Crippen LogP contribution in [-0.2, 0) is 12.3 Å². The van der Waals surface area contributed by atoms with Crippen LogP contribution >= 0.6 is 11.8 Å². The number of rotatable bonds is 6. The molecule has 0 aliphatic heterocycles. The lowest BCUT2D eigenvalue weighted by Crippen LogP contribution is -2.23. The van der Waals surface area contributed by atoms with Gasteiger partial charge in [-0.15, -0.1) is 10.2 Å². The minimum absolute atomic E-state index is 0.00929. The molecule has 0 unspecified atom stereocenters. The molecule has 144 valence electrons. The smallest absolute Gasteiger partial charge is 0.262 e. The Hall–Kier alpha value is -2.60. The molecule has 0 amide bonds.